The van der Waals surface area contributed by atoms with E-state index in [0.29, 0.717) is 0 Å². The van der Waals surface area contributed by atoms with Crippen LogP contribution in [0.15, 0.2) is 316 Å². The topological polar surface area (TPSA) is 32.5 Å². The molecule has 2 aliphatic heterocycles. The summed E-state index contributed by atoms with van der Waals surface area (Å²) in [5.74, 6) is 0. The zero-order valence-corrected chi connectivity index (χ0v) is 48.2. The number of fused-ring (bicyclic) bond motifs is 10. The number of benzene rings is 12. The molecule has 0 aliphatic carbocycles. The van der Waals surface area contributed by atoms with Gasteiger partial charge in [-0.25, -0.2) is 0 Å². The molecule has 0 saturated heterocycles. The summed E-state index contributed by atoms with van der Waals surface area (Å²) in [6.45, 7) is 4.78. The molecular weight excluding hydrogens is 1060 g/mol. The first kappa shape index (κ1) is 50.3. The van der Waals surface area contributed by atoms with Gasteiger partial charge in [-0.15, -0.1) is 0 Å². The lowest BCUT2D eigenvalue weighted by Crippen LogP contribution is -2.37. The van der Waals surface area contributed by atoms with E-state index < -0.39 is 5.41 Å². The lowest BCUT2D eigenvalue weighted by molar-refractivity contribution is 0.631. The summed E-state index contributed by atoms with van der Waals surface area (Å²) in [5, 5.41) is 4.82. The fourth-order valence-electron chi connectivity index (χ4n) is 14.8. The number of pyridine rings is 1. The van der Waals surface area contributed by atoms with Gasteiger partial charge >= 0.3 is 0 Å². The van der Waals surface area contributed by atoms with Crippen LogP contribution in [0, 0.1) is 0 Å². The van der Waals surface area contributed by atoms with Crippen molar-refractivity contribution in [2.24, 2.45) is 0 Å². The molecule has 12 aromatic carbocycles. The monoisotopic (exact) mass is 1110 g/mol. The lowest BCUT2D eigenvalue weighted by Gasteiger charge is -2.46. The van der Waals surface area contributed by atoms with Crippen molar-refractivity contribution in [1.29, 1.82) is 0 Å². The summed E-state index contributed by atoms with van der Waals surface area (Å²) >= 11 is 0. The highest BCUT2D eigenvalue weighted by Crippen LogP contribution is 2.59. The summed E-state index contributed by atoms with van der Waals surface area (Å²) in [4.78, 5) is 12.4. The average Bonchev–Trinajstić information content (AvgIpc) is 1.38. The van der Waals surface area contributed by atoms with Crippen LogP contribution in [0.2, 0.25) is 0 Å². The molecule has 17 rings (SSSR count). The maximum absolute atomic E-state index is 5.01. The molecule has 0 radical (unpaired) electrons. The Morgan fingerprint density at radius 1 is 0.299 bits per heavy atom. The highest BCUT2D eigenvalue weighted by molar-refractivity contribution is 6.12. The van der Waals surface area contributed by atoms with Crippen molar-refractivity contribution < 1.29 is 0 Å². The van der Waals surface area contributed by atoms with Crippen LogP contribution in [-0.4, -0.2) is 14.1 Å². The van der Waals surface area contributed by atoms with Gasteiger partial charge in [-0.3, -0.25) is 4.98 Å². The van der Waals surface area contributed by atoms with Gasteiger partial charge in [0.2, 0.25) is 0 Å². The van der Waals surface area contributed by atoms with Crippen molar-refractivity contribution in [2.75, 3.05) is 14.7 Å². The van der Waals surface area contributed by atoms with Gasteiger partial charge in [0.15, 0.2) is 0 Å². The number of nitrogens with zero attached hydrogens (tertiary/aromatic N) is 6. The molecule has 5 heterocycles. The average molecular weight is 1120 g/mol. The van der Waals surface area contributed by atoms with Crippen molar-refractivity contribution >= 4 is 94.8 Å². The molecule has 3 aromatic heterocycles. The number of hydrogen-bond donors (Lipinski definition) is 0. The third-order valence-electron chi connectivity index (χ3n) is 18.6. The van der Waals surface area contributed by atoms with Crippen molar-refractivity contribution in [2.45, 2.75) is 24.7 Å². The van der Waals surface area contributed by atoms with E-state index in [9.17, 15) is 0 Å². The van der Waals surface area contributed by atoms with E-state index in [2.05, 4.69) is 347 Å². The second kappa shape index (κ2) is 19.7. The van der Waals surface area contributed by atoms with E-state index >= 15 is 0 Å². The normalized spacial score (nSPS) is 13.8. The van der Waals surface area contributed by atoms with Crippen LogP contribution in [0.4, 0.5) is 51.2 Å². The Hall–Kier alpha value is -11.2. The smallest absolute Gasteiger partial charge is 0.0743 e. The SMILES string of the molecule is CC1(C)c2ccccc2N(c2cc(N3c4ccccc4C(c4ccccc4)(c4ccccc4)c4ccncc43)cc(-n3c4ccccc4c4cc(N(c5ccccc5)c5ccccc5)ccc43)c2)c2ccc(-n3c4ccccc4c4ccccc43)cc21. The van der Waals surface area contributed by atoms with Gasteiger partial charge < -0.3 is 23.8 Å². The van der Waals surface area contributed by atoms with Gasteiger partial charge in [0.05, 0.1) is 73.5 Å². The van der Waals surface area contributed by atoms with Crippen molar-refractivity contribution in [3.8, 4) is 11.4 Å². The second-order valence-corrected chi connectivity index (χ2v) is 23.5. The molecule has 0 N–H and O–H groups in total. The predicted octanol–water partition coefficient (Wildman–Crippen LogP) is 21.0. The Morgan fingerprint density at radius 3 is 1.33 bits per heavy atom. The third-order valence-corrected chi connectivity index (χ3v) is 18.6. The van der Waals surface area contributed by atoms with Crippen molar-refractivity contribution in [3.63, 3.8) is 0 Å². The van der Waals surface area contributed by atoms with E-state index in [1.54, 1.807) is 0 Å². The van der Waals surface area contributed by atoms with Crippen LogP contribution in [0.1, 0.15) is 47.2 Å². The van der Waals surface area contributed by atoms with Gasteiger partial charge in [-0.2, -0.15) is 0 Å². The number of hydrogen-bond acceptors (Lipinski definition) is 4. The quantitative estimate of drug-likeness (QED) is 0.144. The molecule has 0 fully saturated rings. The minimum atomic E-state index is -0.670. The maximum Gasteiger partial charge on any atom is 0.0743 e. The molecule has 0 atom stereocenters. The number of aromatic nitrogens is 3. The molecule has 0 bridgehead atoms. The summed E-state index contributed by atoms with van der Waals surface area (Å²) in [6, 6.07) is 112. The molecule has 6 heteroatoms. The van der Waals surface area contributed by atoms with E-state index in [1.165, 1.54) is 55.0 Å². The largest absolute Gasteiger partial charge is 0.310 e. The van der Waals surface area contributed by atoms with E-state index in [1.807, 2.05) is 6.20 Å². The van der Waals surface area contributed by atoms with Crippen LogP contribution in [0.3, 0.4) is 0 Å². The first-order valence-electron chi connectivity index (χ1n) is 30.0. The summed E-state index contributed by atoms with van der Waals surface area (Å²) < 4.78 is 4.93. The van der Waals surface area contributed by atoms with Gasteiger partial charge in [0, 0.05) is 55.9 Å². The molecule has 15 aromatic rings. The Morgan fingerprint density at radius 2 is 0.736 bits per heavy atom. The molecule has 0 saturated carbocycles. The van der Waals surface area contributed by atoms with Gasteiger partial charge in [0.1, 0.15) is 0 Å². The van der Waals surface area contributed by atoms with Gasteiger partial charge in [-0.1, -0.05) is 202 Å². The first-order valence-corrected chi connectivity index (χ1v) is 30.0. The van der Waals surface area contributed by atoms with E-state index in [4.69, 9.17) is 4.98 Å². The van der Waals surface area contributed by atoms with Crippen LogP contribution in [0.5, 0.6) is 0 Å². The van der Waals surface area contributed by atoms with Gasteiger partial charge in [-0.05, 0) is 149 Å². The van der Waals surface area contributed by atoms with Crippen LogP contribution >= 0.6 is 0 Å². The molecule has 87 heavy (non-hydrogen) atoms. The fraction of sp³-hybridized carbons (Fsp3) is 0.0494. The standard InChI is InChI=1S/C81H58N6/c1-80(2)68-36-18-23-41-76(68)86(78-46-44-60(53-71(78)80)84-72-38-20-15-33-64(72)65-34-16-21-39-73(65)84)62-49-61(85-74-40-22-17-35-66(74)67-52-59(43-45-75(67)85)83(57-29-11-5-12-30-57)58-31-13-6-14-32-58)50-63(51-62)87-77-42-24-19-37-69(77)81(55-25-7-3-8-26-55,56-27-9-4-10-28-56)70-47-48-82-54-79(70)87/h3-54H,1-2H3. The molecular formula is C81H58N6. The predicted molar refractivity (Wildman–Crippen MR) is 361 cm³/mol. The number of para-hydroxylation sites is 7. The van der Waals surface area contributed by atoms with E-state index in [0.717, 1.165) is 84.5 Å². The summed E-state index contributed by atoms with van der Waals surface area (Å²) in [5.41, 5.74) is 22.6. The zero-order chi connectivity index (χ0) is 57.8. The van der Waals surface area contributed by atoms with Gasteiger partial charge in [0.25, 0.3) is 0 Å². The molecule has 6 nitrogen and oxygen atoms in total. The summed E-state index contributed by atoms with van der Waals surface area (Å²) in [7, 11) is 0. The zero-order valence-electron chi connectivity index (χ0n) is 48.2. The third kappa shape index (κ3) is 7.57. The minimum absolute atomic E-state index is 0.371. The number of rotatable bonds is 9. The molecule has 0 spiro atoms. The van der Waals surface area contributed by atoms with Crippen molar-refractivity contribution in [3.05, 3.63) is 349 Å². The number of anilines is 9. The fourth-order valence-corrected chi connectivity index (χ4v) is 14.8. The lowest BCUT2D eigenvalue weighted by atomic mass is 9.62. The summed E-state index contributed by atoms with van der Waals surface area (Å²) in [6.07, 6.45) is 4.04. The van der Waals surface area contributed by atoms with Crippen molar-refractivity contribution in [1.82, 2.24) is 14.1 Å². The minimum Gasteiger partial charge on any atom is -0.310 e. The highest BCUT2D eigenvalue weighted by atomic mass is 15.2. The second-order valence-electron chi connectivity index (χ2n) is 23.5. The Kier molecular flexibility index (Phi) is 11.4. The van der Waals surface area contributed by atoms with Crippen LogP contribution in [-0.2, 0) is 10.8 Å². The van der Waals surface area contributed by atoms with Crippen LogP contribution in [0.25, 0.3) is 55.0 Å². The maximum atomic E-state index is 5.01. The highest BCUT2D eigenvalue weighted by Gasteiger charge is 2.47. The molecule has 2 aliphatic rings. The van der Waals surface area contributed by atoms with Crippen LogP contribution < -0.4 is 14.7 Å². The van der Waals surface area contributed by atoms with E-state index in [-0.39, 0.29) is 5.41 Å². The Bertz CT molecular complexity index is 4980. The Balaban J connectivity index is 0.943. The molecule has 0 unspecified atom stereocenters. The molecule has 0 amide bonds. The Labute approximate surface area is 506 Å². The molecule has 412 valence electrons. The first-order chi connectivity index (χ1) is 42.9.